The quantitative estimate of drug-likeness (QED) is 0.462. The Kier molecular flexibility index (Phi) is 6.58. The lowest BCUT2D eigenvalue weighted by Crippen LogP contribution is -2.39. The number of sulfonamides is 1. The van der Waals surface area contributed by atoms with Crippen molar-refractivity contribution < 1.29 is 13.2 Å². The van der Waals surface area contributed by atoms with Crippen LogP contribution >= 0.6 is 11.6 Å². The van der Waals surface area contributed by atoms with E-state index in [9.17, 15) is 13.2 Å². The van der Waals surface area contributed by atoms with Crippen molar-refractivity contribution in [3.8, 4) is 0 Å². The van der Waals surface area contributed by atoms with Crippen LogP contribution in [0.1, 0.15) is 5.56 Å². The van der Waals surface area contributed by atoms with Crippen molar-refractivity contribution >= 4 is 39.4 Å². The summed E-state index contributed by atoms with van der Waals surface area (Å²) in [7, 11) is -3.97. The fraction of sp³-hybridized carbons (Fsp3) is 0.0500. The van der Waals surface area contributed by atoms with Crippen molar-refractivity contribution in [3.05, 3.63) is 89.7 Å². The first-order valence-corrected chi connectivity index (χ1v) is 10.3. The maximum absolute atomic E-state index is 13.1. The predicted octanol–water partition coefficient (Wildman–Crippen LogP) is 3.08. The zero-order chi connectivity index (χ0) is 20.7. The molecule has 1 aromatic heterocycles. The van der Waals surface area contributed by atoms with Gasteiger partial charge in [-0.1, -0.05) is 29.8 Å². The summed E-state index contributed by atoms with van der Waals surface area (Å²) in [6, 6.07) is 17.5. The van der Waals surface area contributed by atoms with E-state index in [0.717, 1.165) is 9.87 Å². The maximum atomic E-state index is 13.1. The summed E-state index contributed by atoms with van der Waals surface area (Å²) in [6.07, 6.45) is 4.63. The van der Waals surface area contributed by atoms with E-state index in [0.29, 0.717) is 10.7 Å². The van der Waals surface area contributed by atoms with Gasteiger partial charge in [0.15, 0.2) is 0 Å². The standard InChI is InChI=1S/C20H17ClN4O3S/c21-17-6-8-18(9-7-17)25(29(27,28)19-4-2-1-3-5-19)15-20(26)24-23-14-16-10-12-22-13-11-16/h1-14H,15H2,(H,24,26)/b23-14-. The lowest BCUT2D eigenvalue weighted by atomic mass is 10.3. The van der Waals surface area contributed by atoms with Crippen LogP contribution in [0.3, 0.4) is 0 Å². The third-order valence-corrected chi connectivity index (χ3v) is 5.88. The van der Waals surface area contributed by atoms with E-state index in [1.165, 1.54) is 30.5 Å². The molecule has 0 unspecified atom stereocenters. The van der Waals surface area contributed by atoms with Crippen molar-refractivity contribution in [2.24, 2.45) is 5.10 Å². The van der Waals surface area contributed by atoms with E-state index in [4.69, 9.17) is 11.6 Å². The second-order valence-electron chi connectivity index (χ2n) is 5.87. The number of pyridine rings is 1. The molecular weight excluding hydrogens is 412 g/mol. The van der Waals surface area contributed by atoms with Gasteiger partial charge in [-0.25, -0.2) is 13.8 Å². The second-order valence-corrected chi connectivity index (χ2v) is 8.17. The minimum atomic E-state index is -3.97. The van der Waals surface area contributed by atoms with Gasteiger partial charge < -0.3 is 0 Å². The fourth-order valence-corrected chi connectivity index (χ4v) is 4.00. The van der Waals surface area contributed by atoms with E-state index in [1.807, 2.05) is 0 Å². The van der Waals surface area contributed by atoms with Crippen molar-refractivity contribution in [1.29, 1.82) is 0 Å². The SMILES string of the molecule is O=C(CN(c1ccc(Cl)cc1)S(=O)(=O)c1ccccc1)N/N=C\c1ccncc1. The molecule has 9 heteroatoms. The molecule has 0 aliphatic heterocycles. The molecule has 0 saturated heterocycles. The summed E-state index contributed by atoms with van der Waals surface area (Å²) in [5.74, 6) is -0.593. The highest BCUT2D eigenvalue weighted by atomic mass is 35.5. The van der Waals surface area contributed by atoms with Gasteiger partial charge in [0.25, 0.3) is 15.9 Å². The maximum Gasteiger partial charge on any atom is 0.264 e. The lowest BCUT2D eigenvalue weighted by molar-refractivity contribution is -0.119. The van der Waals surface area contributed by atoms with Crippen molar-refractivity contribution in [1.82, 2.24) is 10.4 Å². The Hall–Kier alpha value is -3.23. The van der Waals surface area contributed by atoms with E-state index >= 15 is 0 Å². The van der Waals surface area contributed by atoms with E-state index in [2.05, 4.69) is 15.5 Å². The first kappa shape index (κ1) is 20.5. The van der Waals surface area contributed by atoms with Crippen molar-refractivity contribution in [3.63, 3.8) is 0 Å². The topological polar surface area (TPSA) is 91.7 Å². The number of carbonyl (C=O) groups is 1. The molecule has 0 aliphatic carbocycles. The van der Waals surface area contributed by atoms with Crippen LogP contribution in [0.4, 0.5) is 5.69 Å². The Balaban J connectivity index is 1.83. The van der Waals surface area contributed by atoms with E-state index < -0.39 is 22.5 Å². The monoisotopic (exact) mass is 428 g/mol. The molecule has 0 bridgehead atoms. The van der Waals surface area contributed by atoms with Crippen LogP contribution in [0.15, 0.2) is 89.1 Å². The lowest BCUT2D eigenvalue weighted by Gasteiger charge is -2.23. The van der Waals surface area contributed by atoms with Crippen LogP contribution in [0.5, 0.6) is 0 Å². The number of hydrogen-bond donors (Lipinski definition) is 1. The largest absolute Gasteiger partial charge is 0.271 e. The molecule has 0 spiro atoms. The van der Waals surface area contributed by atoms with Crippen molar-refractivity contribution in [2.75, 3.05) is 10.8 Å². The summed E-state index contributed by atoms with van der Waals surface area (Å²) < 4.78 is 27.2. The number of nitrogens with one attached hydrogen (secondary N) is 1. The van der Waals surface area contributed by atoms with Gasteiger partial charge in [-0.3, -0.25) is 14.1 Å². The molecule has 3 aromatic rings. The molecule has 0 saturated carbocycles. The van der Waals surface area contributed by atoms with Gasteiger partial charge in [0.1, 0.15) is 6.54 Å². The van der Waals surface area contributed by atoms with Crippen LogP contribution in [0.25, 0.3) is 0 Å². The van der Waals surface area contributed by atoms with Gasteiger partial charge >= 0.3 is 0 Å². The fourth-order valence-electron chi connectivity index (χ4n) is 2.44. The zero-order valence-corrected chi connectivity index (χ0v) is 16.7. The Morgan fingerprint density at radius 3 is 2.34 bits per heavy atom. The van der Waals surface area contributed by atoms with Gasteiger partial charge in [-0.2, -0.15) is 5.10 Å². The number of nitrogens with zero attached hydrogens (tertiary/aromatic N) is 3. The molecule has 0 aliphatic rings. The van der Waals surface area contributed by atoms with Crippen LogP contribution < -0.4 is 9.73 Å². The first-order chi connectivity index (χ1) is 14.0. The van der Waals surface area contributed by atoms with E-state index in [1.54, 1.807) is 54.9 Å². The number of hydrazone groups is 1. The molecular formula is C20H17ClN4O3S. The molecule has 0 atom stereocenters. The normalized spacial score (nSPS) is 11.3. The van der Waals surface area contributed by atoms with Crippen molar-refractivity contribution in [2.45, 2.75) is 4.90 Å². The van der Waals surface area contributed by atoms with Gasteiger partial charge in [0.05, 0.1) is 16.8 Å². The number of amides is 1. The summed E-state index contributed by atoms with van der Waals surface area (Å²) in [6.45, 7) is -0.452. The highest BCUT2D eigenvalue weighted by molar-refractivity contribution is 7.92. The molecule has 148 valence electrons. The number of hydrogen-bond acceptors (Lipinski definition) is 5. The highest BCUT2D eigenvalue weighted by Crippen LogP contribution is 2.24. The Morgan fingerprint density at radius 2 is 1.69 bits per heavy atom. The number of anilines is 1. The predicted molar refractivity (Wildman–Crippen MR) is 112 cm³/mol. The smallest absolute Gasteiger partial charge is 0.264 e. The third kappa shape index (κ3) is 5.40. The minimum Gasteiger partial charge on any atom is -0.271 e. The van der Waals surface area contributed by atoms with Gasteiger partial charge in [-0.15, -0.1) is 0 Å². The number of carbonyl (C=O) groups excluding carboxylic acids is 1. The minimum absolute atomic E-state index is 0.0723. The molecule has 1 N–H and O–H groups in total. The number of rotatable bonds is 7. The van der Waals surface area contributed by atoms with Crippen LogP contribution in [-0.4, -0.2) is 32.1 Å². The Bertz CT molecular complexity index is 1090. The molecule has 1 amide bonds. The third-order valence-electron chi connectivity index (χ3n) is 3.84. The highest BCUT2D eigenvalue weighted by Gasteiger charge is 2.27. The Morgan fingerprint density at radius 1 is 1.03 bits per heavy atom. The number of benzene rings is 2. The van der Waals surface area contributed by atoms with Gasteiger partial charge in [0.2, 0.25) is 0 Å². The summed E-state index contributed by atoms with van der Waals surface area (Å²) >= 11 is 5.91. The average Bonchev–Trinajstić information content (AvgIpc) is 2.74. The average molecular weight is 429 g/mol. The number of aromatic nitrogens is 1. The van der Waals surface area contributed by atoms with Crippen LogP contribution in [-0.2, 0) is 14.8 Å². The van der Waals surface area contributed by atoms with Crippen LogP contribution in [0, 0.1) is 0 Å². The second kappa shape index (κ2) is 9.31. The molecule has 3 rings (SSSR count). The molecule has 7 nitrogen and oxygen atoms in total. The molecule has 1 heterocycles. The molecule has 2 aromatic carbocycles. The van der Waals surface area contributed by atoms with Gasteiger partial charge in [0, 0.05) is 17.4 Å². The summed E-state index contributed by atoms with van der Waals surface area (Å²) in [4.78, 5) is 16.4. The molecule has 0 fully saturated rings. The first-order valence-electron chi connectivity index (χ1n) is 8.52. The van der Waals surface area contributed by atoms with E-state index in [-0.39, 0.29) is 4.90 Å². The van der Waals surface area contributed by atoms with Gasteiger partial charge in [-0.05, 0) is 54.1 Å². The zero-order valence-electron chi connectivity index (χ0n) is 15.1. The summed E-state index contributed by atoms with van der Waals surface area (Å²) in [5.41, 5.74) is 3.40. The van der Waals surface area contributed by atoms with Crippen LogP contribution in [0.2, 0.25) is 5.02 Å². The number of halogens is 1. The molecule has 0 radical (unpaired) electrons. The summed E-state index contributed by atoms with van der Waals surface area (Å²) in [5, 5.41) is 4.32. The Labute approximate surface area is 173 Å². The molecule has 29 heavy (non-hydrogen) atoms.